The number of thiophene rings is 1. The van der Waals surface area contributed by atoms with Crippen molar-refractivity contribution in [3.63, 3.8) is 0 Å². The van der Waals surface area contributed by atoms with E-state index in [1.807, 2.05) is 55.5 Å². The molecule has 134 valence electrons. The van der Waals surface area contributed by atoms with E-state index in [1.165, 1.54) is 16.9 Å². The zero-order valence-electron chi connectivity index (χ0n) is 14.5. The van der Waals surface area contributed by atoms with Crippen molar-refractivity contribution >= 4 is 50.4 Å². The van der Waals surface area contributed by atoms with Gasteiger partial charge in [0.05, 0.1) is 22.1 Å². The molecule has 0 radical (unpaired) electrons. The van der Waals surface area contributed by atoms with E-state index in [0.717, 1.165) is 21.5 Å². The fourth-order valence-electron chi connectivity index (χ4n) is 2.79. The predicted octanol–water partition coefficient (Wildman–Crippen LogP) is 5.76. The summed E-state index contributed by atoms with van der Waals surface area (Å²) >= 11 is 7.40. The van der Waals surface area contributed by atoms with Crippen molar-refractivity contribution in [3.05, 3.63) is 76.1 Å². The van der Waals surface area contributed by atoms with Crippen LogP contribution in [-0.4, -0.2) is 10.9 Å². The van der Waals surface area contributed by atoms with Crippen molar-refractivity contribution in [1.82, 2.24) is 4.98 Å². The van der Waals surface area contributed by atoms with E-state index in [4.69, 9.17) is 22.3 Å². The average molecular weight is 394 g/mol. The summed E-state index contributed by atoms with van der Waals surface area (Å²) in [5.41, 5.74) is 10.3. The molecule has 0 saturated carbocycles. The highest BCUT2D eigenvalue weighted by Crippen LogP contribution is 2.35. The maximum atomic E-state index is 12.7. The van der Waals surface area contributed by atoms with Gasteiger partial charge in [0.1, 0.15) is 9.71 Å². The second kappa shape index (κ2) is 7.02. The van der Waals surface area contributed by atoms with E-state index >= 15 is 0 Å². The Hall–Kier alpha value is -2.89. The summed E-state index contributed by atoms with van der Waals surface area (Å²) in [5.74, 6) is -0.291. The Kier molecular flexibility index (Phi) is 4.56. The second-order valence-electron chi connectivity index (χ2n) is 6.19. The number of para-hydroxylation sites is 1. The predicted molar refractivity (Wildman–Crippen MR) is 114 cm³/mol. The number of pyridine rings is 1. The molecule has 27 heavy (non-hydrogen) atoms. The summed E-state index contributed by atoms with van der Waals surface area (Å²) in [6.07, 6.45) is 0. The van der Waals surface area contributed by atoms with Crippen LogP contribution in [0.5, 0.6) is 0 Å². The van der Waals surface area contributed by atoms with Crippen LogP contribution in [0.15, 0.2) is 60.7 Å². The lowest BCUT2D eigenvalue weighted by Crippen LogP contribution is -2.12. The number of nitrogens with one attached hydrogen (secondary N) is 1. The first-order chi connectivity index (χ1) is 13.0. The van der Waals surface area contributed by atoms with E-state index in [0.29, 0.717) is 21.3 Å². The average Bonchev–Trinajstić information content (AvgIpc) is 3.00. The molecule has 3 N–H and O–H groups in total. The molecule has 4 nitrogen and oxygen atoms in total. The van der Waals surface area contributed by atoms with Gasteiger partial charge >= 0.3 is 0 Å². The van der Waals surface area contributed by atoms with E-state index in [1.54, 1.807) is 12.1 Å². The summed E-state index contributed by atoms with van der Waals surface area (Å²) in [4.78, 5) is 18.5. The van der Waals surface area contributed by atoms with Crippen LogP contribution in [0, 0.1) is 6.92 Å². The summed E-state index contributed by atoms with van der Waals surface area (Å²) in [6.45, 7) is 2.05. The Balaban J connectivity index is 1.70. The van der Waals surface area contributed by atoms with Crippen molar-refractivity contribution in [2.45, 2.75) is 6.92 Å². The van der Waals surface area contributed by atoms with E-state index in [-0.39, 0.29) is 5.91 Å². The van der Waals surface area contributed by atoms with Crippen molar-refractivity contribution in [2.24, 2.45) is 0 Å². The standard InChI is InChI=1S/C21H16ClN3OS/c1-12-6-8-13(9-7-12)16-11-10-14-18(23)19(27-21(14)25-16)20(26)24-17-5-3-2-4-15(17)22/h2-11H,23H2,1H3,(H,24,26). The molecule has 0 bridgehead atoms. The summed E-state index contributed by atoms with van der Waals surface area (Å²) in [7, 11) is 0. The number of hydrogen-bond donors (Lipinski definition) is 2. The number of fused-ring (bicyclic) bond motifs is 1. The first-order valence-corrected chi connectivity index (χ1v) is 9.54. The molecule has 0 saturated heterocycles. The molecule has 0 spiro atoms. The lowest BCUT2D eigenvalue weighted by molar-refractivity contribution is 0.103. The molecule has 6 heteroatoms. The highest BCUT2D eigenvalue weighted by molar-refractivity contribution is 7.21. The van der Waals surface area contributed by atoms with Gasteiger partial charge in [-0.25, -0.2) is 4.98 Å². The molecule has 0 aliphatic heterocycles. The minimum atomic E-state index is -0.291. The number of halogens is 1. The Morgan fingerprint density at radius 1 is 1.07 bits per heavy atom. The number of carbonyl (C=O) groups is 1. The number of rotatable bonds is 3. The molecule has 0 atom stereocenters. The van der Waals surface area contributed by atoms with Crippen LogP contribution >= 0.6 is 22.9 Å². The van der Waals surface area contributed by atoms with Crippen molar-refractivity contribution in [3.8, 4) is 11.3 Å². The van der Waals surface area contributed by atoms with Crippen molar-refractivity contribution in [2.75, 3.05) is 11.1 Å². The number of benzene rings is 2. The van der Waals surface area contributed by atoms with Gasteiger partial charge in [0, 0.05) is 10.9 Å². The highest BCUT2D eigenvalue weighted by atomic mass is 35.5. The largest absolute Gasteiger partial charge is 0.397 e. The van der Waals surface area contributed by atoms with Crippen molar-refractivity contribution < 1.29 is 4.79 Å². The van der Waals surface area contributed by atoms with Gasteiger partial charge in [-0.05, 0) is 31.2 Å². The highest BCUT2D eigenvalue weighted by Gasteiger charge is 2.18. The molecule has 4 rings (SSSR count). The van der Waals surface area contributed by atoms with Crippen LogP contribution in [0.4, 0.5) is 11.4 Å². The smallest absolute Gasteiger partial charge is 0.267 e. The number of carbonyl (C=O) groups excluding carboxylic acids is 1. The van der Waals surface area contributed by atoms with Gasteiger partial charge in [-0.1, -0.05) is 53.6 Å². The van der Waals surface area contributed by atoms with Crippen LogP contribution in [-0.2, 0) is 0 Å². The van der Waals surface area contributed by atoms with Gasteiger partial charge in [0.15, 0.2) is 0 Å². The van der Waals surface area contributed by atoms with Gasteiger partial charge in [-0.2, -0.15) is 0 Å². The third-order valence-corrected chi connectivity index (χ3v) is 5.71. The Labute approximate surface area is 165 Å². The van der Waals surface area contributed by atoms with Gasteiger partial charge in [-0.3, -0.25) is 4.79 Å². The minimum Gasteiger partial charge on any atom is -0.397 e. The molecule has 2 aromatic carbocycles. The fraction of sp³-hybridized carbons (Fsp3) is 0.0476. The number of nitrogen functional groups attached to an aromatic ring is 1. The van der Waals surface area contributed by atoms with Crippen LogP contribution in [0.2, 0.25) is 5.02 Å². The monoisotopic (exact) mass is 393 g/mol. The molecule has 1 amide bonds. The number of amides is 1. The maximum Gasteiger partial charge on any atom is 0.267 e. The Bertz CT molecular complexity index is 1150. The molecular formula is C21H16ClN3OS. The topological polar surface area (TPSA) is 68.0 Å². The molecule has 0 aliphatic rings. The van der Waals surface area contributed by atoms with Crippen molar-refractivity contribution in [1.29, 1.82) is 0 Å². The minimum absolute atomic E-state index is 0.291. The molecule has 0 aliphatic carbocycles. The number of aromatic nitrogens is 1. The van der Waals surface area contributed by atoms with E-state index in [9.17, 15) is 4.79 Å². The van der Waals surface area contributed by atoms with E-state index < -0.39 is 0 Å². The molecule has 2 heterocycles. The molecule has 0 fully saturated rings. The molecule has 2 aromatic heterocycles. The summed E-state index contributed by atoms with van der Waals surface area (Å²) < 4.78 is 0. The summed E-state index contributed by atoms with van der Waals surface area (Å²) in [6, 6.07) is 19.1. The number of anilines is 2. The number of aryl methyl sites for hydroxylation is 1. The lowest BCUT2D eigenvalue weighted by atomic mass is 10.1. The maximum absolute atomic E-state index is 12.7. The Morgan fingerprint density at radius 3 is 2.56 bits per heavy atom. The van der Waals surface area contributed by atoms with Crippen LogP contribution < -0.4 is 11.1 Å². The van der Waals surface area contributed by atoms with Crippen LogP contribution in [0.1, 0.15) is 15.2 Å². The number of nitrogens with zero attached hydrogens (tertiary/aromatic N) is 1. The first-order valence-electron chi connectivity index (χ1n) is 8.35. The van der Waals surface area contributed by atoms with Gasteiger partial charge < -0.3 is 11.1 Å². The molecule has 0 unspecified atom stereocenters. The van der Waals surface area contributed by atoms with Crippen LogP contribution in [0.25, 0.3) is 21.5 Å². The lowest BCUT2D eigenvalue weighted by Gasteiger charge is -2.05. The SMILES string of the molecule is Cc1ccc(-c2ccc3c(N)c(C(=O)Nc4ccccc4Cl)sc3n2)cc1. The number of hydrogen-bond acceptors (Lipinski definition) is 4. The first kappa shape index (κ1) is 17.5. The van der Waals surface area contributed by atoms with E-state index in [2.05, 4.69) is 5.32 Å². The normalized spacial score (nSPS) is 10.9. The second-order valence-corrected chi connectivity index (χ2v) is 7.60. The molecule has 4 aromatic rings. The van der Waals surface area contributed by atoms with Gasteiger partial charge in [-0.15, -0.1) is 11.3 Å². The third-order valence-electron chi connectivity index (χ3n) is 4.27. The third kappa shape index (κ3) is 3.39. The quantitative estimate of drug-likeness (QED) is 0.465. The molecular weight excluding hydrogens is 378 g/mol. The zero-order valence-corrected chi connectivity index (χ0v) is 16.1. The number of nitrogens with two attached hydrogens (primary N) is 1. The van der Waals surface area contributed by atoms with Crippen LogP contribution in [0.3, 0.4) is 0 Å². The summed E-state index contributed by atoms with van der Waals surface area (Å²) in [5, 5.41) is 4.07. The zero-order chi connectivity index (χ0) is 19.0. The van der Waals surface area contributed by atoms with Gasteiger partial charge in [0.2, 0.25) is 0 Å². The van der Waals surface area contributed by atoms with Gasteiger partial charge in [0.25, 0.3) is 5.91 Å². The Morgan fingerprint density at radius 2 is 1.81 bits per heavy atom. The fourth-order valence-corrected chi connectivity index (χ4v) is 3.96.